The number of methoxy groups -OCH3 is 1. The van der Waals surface area contributed by atoms with E-state index >= 15 is 0 Å². The second-order valence-electron chi connectivity index (χ2n) is 10.2. The van der Waals surface area contributed by atoms with Gasteiger partial charge in [0.2, 0.25) is 0 Å². The molecule has 194 valence electrons. The van der Waals surface area contributed by atoms with Gasteiger partial charge in [-0.1, -0.05) is 17.7 Å². The van der Waals surface area contributed by atoms with E-state index in [1.54, 1.807) is 12.1 Å². The van der Waals surface area contributed by atoms with E-state index in [4.69, 9.17) is 26.3 Å². The third-order valence-electron chi connectivity index (χ3n) is 7.68. The zero-order chi connectivity index (χ0) is 26.3. The smallest absolute Gasteiger partial charge is 0.176 e. The van der Waals surface area contributed by atoms with Crippen molar-refractivity contribution in [1.82, 2.24) is 14.9 Å². The highest BCUT2D eigenvalue weighted by Crippen LogP contribution is 2.51. The number of aldehydes is 1. The highest BCUT2D eigenvalue weighted by Gasteiger charge is 2.46. The number of halogens is 1. The molecule has 0 amide bonds. The van der Waals surface area contributed by atoms with Crippen LogP contribution in [0.2, 0.25) is 5.02 Å². The van der Waals surface area contributed by atoms with Gasteiger partial charge in [-0.25, -0.2) is 0 Å². The second kappa shape index (κ2) is 9.89. The molecule has 2 N–H and O–H groups in total. The number of carbonyl (C=O) groups excluding carboxylic acids is 1. The van der Waals surface area contributed by atoms with Crippen LogP contribution in [0.4, 0.5) is 11.4 Å². The van der Waals surface area contributed by atoms with Gasteiger partial charge in [0.05, 0.1) is 46.3 Å². The molecule has 1 aliphatic heterocycles. The number of carbonyl (C=O) groups is 1. The number of fused-ring (bicyclic) bond motifs is 1. The molecule has 6 rings (SSSR count). The van der Waals surface area contributed by atoms with Gasteiger partial charge in [-0.3, -0.25) is 14.9 Å². The van der Waals surface area contributed by atoms with Crippen molar-refractivity contribution in [3.63, 3.8) is 0 Å². The number of phenols is 1. The molecule has 0 atom stereocenters. The Morgan fingerprint density at radius 2 is 1.89 bits per heavy atom. The number of benzene rings is 2. The van der Waals surface area contributed by atoms with Gasteiger partial charge in [0, 0.05) is 23.7 Å². The Morgan fingerprint density at radius 3 is 2.58 bits per heavy atom. The Balaban J connectivity index is 1.42. The first kappa shape index (κ1) is 24.6. The van der Waals surface area contributed by atoms with Crippen LogP contribution in [0.5, 0.6) is 11.5 Å². The fraction of sp³-hybridized carbons (Fsp3) is 0.300. The van der Waals surface area contributed by atoms with Crippen molar-refractivity contribution in [1.29, 1.82) is 0 Å². The van der Waals surface area contributed by atoms with Crippen LogP contribution in [0.3, 0.4) is 0 Å². The summed E-state index contributed by atoms with van der Waals surface area (Å²) in [6, 6.07) is 13.5. The van der Waals surface area contributed by atoms with Crippen molar-refractivity contribution in [2.75, 3.05) is 25.5 Å². The average Bonchev–Trinajstić information content (AvgIpc) is 3.57. The largest absolute Gasteiger partial charge is 0.503 e. The van der Waals surface area contributed by atoms with Crippen molar-refractivity contribution in [3.8, 4) is 22.6 Å². The summed E-state index contributed by atoms with van der Waals surface area (Å²) in [4.78, 5) is 24.0. The van der Waals surface area contributed by atoms with Gasteiger partial charge in [-0.15, -0.1) is 0 Å². The number of nitrogens with zero attached hydrogens (tertiary/aromatic N) is 3. The summed E-state index contributed by atoms with van der Waals surface area (Å²) >= 11 is 6.28. The van der Waals surface area contributed by atoms with E-state index in [-0.39, 0.29) is 10.8 Å². The fourth-order valence-corrected chi connectivity index (χ4v) is 5.48. The molecule has 1 saturated carbocycles. The first-order chi connectivity index (χ1) is 18.5. The van der Waals surface area contributed by atoms with Gasteiger partial charge >= 0.3 is 0 Å². The molecule has 0 spiro atoms. The monoisotopic (exact) mass is 528 g/mol. The third-order valence-corrected chi connectivity index (χ3v) is 7.97. The lowest BCUT2D eigenvalue weighted by molar-refractivity contribution is -0.109. The number of anilines is 2. The zero-order valence-electron chi connectivity index (χ0n) is 21.2. The minimum absolute atomic E-state index is 0.0904. The zero-order valence-corrected chi connectivity index (χ0v) is 22.0. The molecule has 4 aromatic rings. The molecule has 8 heteroatoms. The van der Waals surface area contributed by atoms with Crippen LogP contribution < -0.4 is 10.1 Å². The number of pyridine rings is 2. The molecule has 1 saturated heterocycles. The lowest BCUT2D eigenvalue weighted by Crippen LogP contribution is -2.19. The number of aromatic hydroxyl groups is 1. The Bertz CT molecular complexity index is 1510. The number of hydrogen-bond donors (Lipinski definition) is 2. The van der Waals surface area contributed by atoms with Gasteiger partial charge in [-0.05, 0) is 86.3 Å². The summed E-state index contributed by atoms with van der Waals surface area (Å²) < 4.78 is 5.31. The maximum atomic E-state index is 12.1. The molecule has 2 aromatic carbocycles. The number of phenolic OH excluding ortho intramolecular Hbond substituents is 1. The molecular weight excluding hydrogens is 500 g/mol. The van der Waals surface area contributed by atoms with E-state index in [1.807, 2.05) is 36.7 Å². The average molecular weight is 529 g/mol. The van der Waals surface area contributed by atoms with Crippen molar-refractivity contribution in [3.05, 3.63) is 71.1 Å². The Kier molecular flexibility index (Phi) is 6.41. The van der Waals surface area contributed by atoms with Crippen LogP contribution in [0.15, 0.2) is 54.9 Å². The van der Waals surface area contributed by atoms with E-state index in [2.05, 4.69) is 16.3 Å². The van der Waals surface area contributed by atoms with E-state index in [9.17, 15) is 9.90 Å². The van der Waals surface area contributed by atoms with Gasteiger partial charge in [-0.2, -0.15) is 0 Å². The van der Waals surface area contributed by atoms with E-state index in [1.165, 1.54) is 20.0 Å². The van der Waals surface area contributed by atoms with Crippen molar-refractivity contribution in [2.45, 2.75) is 37.6 Å². The predicted octanol–water partition coefficient (Wildman–Crippen LogP) is 6.23. The Morgan fingerprint density at radius 1 is 1.08 bits per heavy atom. The van der Waals surface area contributed by atoms with Crippen molar-refractivity contribution < 1.29 is 14.6 Å². The fourth-order valence-electron chi connectivity index (χ4n) is 5.27. The summed E-state index contributed by atoms with van der Waals surface area (Å²) in [6.45, 7) is 3.12. The number of aromatic nitrogens is 2. The first-order valence-corrected chi connectivity index (χ1v) is 13.3. The van der Waals surface area contributed by atoms with Gasteiger partial charge in [0.25, 0.3) is 0 Å². The standard InChI is InChI=1S/C30H29ClN4O3/c1-38-27-14-20(13-25(31)29(27)37)19-4-7-26-23(12-19)28(24(16-33-26)30(18-36)8-9-30)34-21-5-6-22(32-15-21)17-35-10-2-3-11-35/h4-7,12-16,18,37H,2-3,8-11,17H2,1H3,(H,33,34). The molecule has 0 unspecified atom stereocenters. The number of hydrogen-bond acceptors (Lipinski definition) is 7. The molecule has 2 aliphatic rings. The van der Waals surface area contributed by atoms with Crippen LogP contribution in [0.25, 0.3) is 22.0 Å². The molecule has 7 nitrogen and oxygen atoms in total. The molecule has 2 aromatic heterocycles. The summed E-state index contributed by atoms with van der Waals surface area (Å²) in [5.74, 6) is 0.211. The quantitative estimate of drug-likeness (QED) is 0.262. The summed E-state index contributed by atoms with van der Waals surface area (Å²) in [5.41, 5.74) is 5.61. The highest BCUT2D eigenvalue weighted by molar-refractivity contribution is 6.32. The lowest BCUT2D eigenvalue weighted by atomic mass is 9.93. The second-order valence-corrected chi connectivity index (χ2v) is 10.6. The van der Waals surface area contributed by atoms with Crippen molar-refractivity contribution in [2.24, 2.45) is 0 Å². The maximum absolute atomic E-state index is 12.1. The number of ether oxygens (including phenoxy) is 1. The summed E-state index contributed by atoms with van der Waals surface area (Å²) in [6.07, 6.45) is 8.83. The van der Waals surface area contributed by atoms with E-state index < -0.39 is 5.41 Å². The van der Waals surface area contributed by atoms with Crippen LogP contribution in [0.1, 0.15) is 36.9 Å². The number of likely N-dealkylation sites (tertiary alicyclic amines) is 1. The number of rotatable bonds is 8. The summed E-state index contributed by atoms with van der Waals surface area (Å²) in [7, 11) is 1.49. The molecule has 0 radical (unpaired) electrons. The number of nitrogens with one attached hydrogen (secondary N) is 1. The summed E-state index contributed by atoms with van der Waals surface area (Å²) in [5, 5.41) is 14.9. The molecular formula is C30H29ClN4O3. The van der Waals surface area contributed by atoms with Crippen LogP contribution in [0, 0.1) is 0 Å². The highest BCUT2D eigenvalue weighted by atomic mass is 35.5. The Labute approximate surface area is 226 Å². The van der Waals surface area contributed by atoms with Crippen LogP contribution >= 0.6 is 11.6 Å². The molecule has 3 heterocycles. The minimum atomic E-state index is -0.520. The molecule has 0 bridgehead atoms. The van der Waals surface area contributed by atoms with Crippen LogP contribution in [-0.2, 0) is 16.8 Å². The topological polar surface area (TPSA) is 87.6 Å². The lowest BCUT2D eigenvalue weighted by Gasteiger charge is -2.19. The third kappa shape index (κ3) is 4.57. The molecule has 1 aliphatic carbocycles. The van der Waals surface area contributed by atoms with E-state index in [0.29, 0.717) is 5.75 Å². The normalized spacial score (nSPS) is 16.5. The maximum Gasteiger partial charge on any atom is 0.176 e. The van der Waals surface area contributed by atoms with Crippen LogP contribution in [-0.4, -0.2) is 46.5 Å². The minimum Gasteiger partial charge on any atom is -0.503 e. The Hall–Kier alpha value is -3.68. The van der Waals surface area contributed by atoms with Gasteiger partial charge in [0.15, 0.2) is 11.5 Å². The van der Waals surface area contributed by atoms with Gasteiger partial charge < -0.3 is 20.0 Å². The van der Waals surface area contributed by atoms with Crippen molar-refractivity contribution >= 4 is 40.2 Å². The van der Waals surface area contributed by atoms with E-state index in [0.717, 1.165) is 83.4 Å². The van der Waals surface area contributed by atoms with Gasteiger partial charge in [0.1, 0.15) is 6.29 Å². The SMILES string of the molecule is COc1cc(-c2ccc3ncc(C4(C=O)CC4)c(Nc4ccc(CN5CCCC5)nc4)c3c2)cc(Cl)c1O. The predicted molar refractivity (Wildman–Crippen MR) is 149 cm³/mol. The molecule has 2 fully saturated rings. The molecule has 38 heavy (non-hydrogen) atoms. The first-order valence-electron chi connectivity index (χ1n) is 12.9.